The van der Waals surface area contributed by atoms with Gasteiger partial charge in [0.15, 0.2) is 0 Å². The maximum absolute atomic E-state index is 9.58. The molecule has 4 heteroatoms. The summed E-state index contributed by atoms with van der Waals surface area (Å²) >= 11 is 0. The van der Waals surface area contributed by atoms with Crippen LogP contribution in [0.4, 0.5) is 0 Å². The predicted molar refractivity (Wildman–Crippen MR) is 96.8 cm³/mol. The lowest BCUT2D eigenvalue weighted by Crippen LogP contribution is -2.37. The van der Waals surface area contributed by atoms with Crippen LogP contribution in [0.25, 0.3) is 0 Å². The van der Waals surface area contributed by atoms with Gasteiger partial charge >= 0.3 is 0 Å². The summed E-state index contributed by atoms with van der Waals surface area (Å²) in [6.45, 7) is 4.11. The molecule has 1 unspecified atom stereocenters. The van der Waals surface area contributed by atoms with Crippen molar-refractivity contribution in [3.05, 3.63) is 66.0 Å². The first-order valence-electron chi connectivity index (χ1n) is 8.91. The molecular weight excluding hydrogens is 298 g/mol. The fourth-order valence-electron chi connectivity index (χ4n) is 3.32. The minimum Gasteiger partial charge on any atom is -0.393 e. The van der Waals surface area contributed by atoms with Gasteiger partial charge in [0.1, 0.15) is 0 Å². The molecule has 2 N–H and O–H groups in total. The fraction of sp³-hybridized carbons (Fsp3) is 0.450. The lowest BCUT2D eigenvalue weighted by Gasteiger charge is -2.29. The summed E-state index contributed by atoms with van der Waals surface area (Å²) in [5.41, 5.74) is 2.53. The molecule has 2 heterocycles. The summed E-state index contributed by atoms with van der Waals surface area (Å²) in [5.74, 6) is 0. The Morgan fingerprint density at radius 1 is 1.04 bits per heavy atom. The monoisotopic (exact) mass is 325 g/mol. The van der Waals surface area contributed by atoms with E-state index in [-0.39, 0.29) is 12.1 Å². The van der Waals surface area contributed by atoms with E-state index in [1.54, 1.807) is 0 Å². The van der Waals surface area contributed by atoms with Gasteiger partial charge in [-0.3, -0.25) is 4.98 Å². The Kier molecular flexibility index (Phi) is 6.35. The van der Waals surface area contributed by atoms with Gasteiger partial charge < -0.3 is 15.3 Å². The lowest BCUT2D eigenvalue weighted by molar-refractivity contribution is 0.0820. The first kappa shape index (κ1) is 17.1. The maximum atomic E-state index is 9.58. The number of aliphatic hydroxyl groups is 1. The Labute approximate surface area is 144 Å². The van der Waals surface area contributed by atoms with Crippen molar-refractivity contribution in [2.75, 3.05) is 26.2 Å². The number of piperidine rings is 1. The highest BCUT2D eigenvalue weighted by molar-refractivity contribution is 5.30. The SMILES string of the molecule is OC1CCN(CCCNC(c2ccccc2)c2ccncc2)CC1. The summed E-state index contributed by atoms with van der Waals surface area (Å²) in [6.07, 6.45) is 6.56. The number of aliphatic hydroxyl groups excluding tert-OH is 1. The molecule has 2 aromatic rings. The molecule has 1 fully saturated rings. The minimum absolute atomic E-state index is 0.0893. The van der Waals surface area contributed by atoms with Crippen molar-refractivity contribution < 1.29 is 5.11 Å². The minimum atomic E-state index is -0.0893. The van der Waals surface area contributed by atoms with E-state index < -0.39 is 0 Å². The van der Waals surface area contributed by atoms with Crippen LogP contribution in [0.15, 0.2) is 54.9 Å². The van der Waals surface area contributed by atoms with Crippen molar-refractivity contribution in [2.45, 2.75) is 31.4 Å². The van der Waals surface area contributed by atoms with Gasteiger partial charge in [0.25, 0.3) is 0 Å². The zero-order valence-electron chi connectivity index (χ0n) is 14.1. The van der Waals surface area contributed by atoms with E-state index >= 15 is 0 Å². The molecule has 0 amide bonds. The standard InChI is InChI=1S/C20H27N3O/c24-19-9-15-23(16-10-19)14-4-11-22-20(17-5-2-1-3-6-17)18-7-12-21-13-8-18/h1-3,5-8,12-13,19-20,22,24H,4,9-11,14-16H2. The maximum Gasteiger partial charge on any atom is 0.0577 e. The van der Waals surface area contributed by atoms with Gasteiger partial charge in [-0.05, 0) is 55.6 Å². The number of benzene rings is 1. The summed E-state index contributed by atoms with van der Waals surface area (Å²) in [5, 5.41) is 13.3. The summed E-state index contributed by atoms with van der Waals surface area (Å²) < 4.78 is 0. The largest absolute Gasteiger partial charge is 0.393 e. The second-order valence-electron chi connectivity index (χ2n) is 6.50. The van der Waals surface area contributed by atoms with Gasteiger partial charge in [0, 0.05) is 25.5 Å². The van der Waals surface area contributed by atoms with Crippen molar-refractivity contribution in [3.8, 4) is 0 Å². The highest BCUT2D eigenvalue weighted by Gasteiger charge is 2.17. The van der Waals surface area contributed by atoms with E-state index in [0.717, 1.165) is 45.4 Å². The van der Waals surface area contributed by atoms with Crippen LogP contribution in [0.3, 0.4) is 0 Å². The number of hydrogen-bond acceptors (Lipinski definition) is 4. The molecule has 1 aliphatic heterocycles. The van der Waals surface area contributed by atoms with E-state index in [1.807, 2.05) is 12.4 Å². The predicted octanol–water partition coefficient (Wildman–Crippen LogP) is 2.61. The van der Waals surface area contributed by atoms with E-state index in [1.165, 1.54) is 11.1 Å². The van der Waals surface area contributed by atoms with Crippen molar-refractivity contribution in [2.24, 2.45) is 0 Å². The van der Waals surface area contributed by atoms with Crippen LogP contribution in [0.1, 0.15) is 36.4 Å². The van der Waals surface area contributed by atoms with Gasteiger partial charge in [-0.15, -0.1) is 0 Å². The summed E-state index contributed by atoms with van der Waals surface area (Å²) in [7, 11) is 0. The molecule has 128 valence electrons. The average Bonchev–Trinajstić information content (AvgIpc) is 2.65. The van der Waals surface area contributed by atoms with Crippen LogP contribution in [-0.4, -0.2) is 47.3 Å². The smallest absolute Gasteiger partial charge is 0.0577 e. The van der Waals surface area contributed by atoms with E-state index in [4.69, 9.17) is 0 Å². The van der Waals surface area contributed by atoms with E-state index in [0.29, 0.717) is 0 Å². The number of rotatable bonds is 7. The quantitative estimate of drug-likeness (QED) is 0.768. The van der Waals surface area contributed by atoms with Crippen molar-refractivity contribution in [1.82, 2.24) is 15.2 Å². The first-order chi connectivity index (χ1) is 11.8. The molecule has 0 aliphatic carbocycles. The third kappa shape index (κ3) is 4.87. The van der Waals surface area contributed by atoms with Crippen LogP contribution in [0, 0.1) is 0 Å². The molecule has 1 atom stereocenters. The topological polar surface area (TPSA) is 48.4 Å². The number of pyridine rings is 1. The molecule has 1 aliphatic rings. The second kappa shape index (κ2) is 8.92. The lowest BCUT2D eigenvalue weighted by atomic mass is 9.99. The average molecular weight is 325 g/mol. The van der Waals surface area contributed by atoms with E-state index in [2.05, 4.69) is 57.7 Å². The Balaban J connectivity index is 1.53. The number of nitrogens with zero attached hydrogens (tertiary/aromatic N) is 2. The second-order valence-corrected chi connectivity index (χ2v) is 6.50. The number of likely N-dealkylation sites (tertiary alicyclic amines) is 1. The molecule has 0 radical (unpaired) electrons. The molecule has 4 nitrogen and oxygen atoms in total. The molecule has 0 saturated carbocycles. The highest BCUT2D eigenvalue weighted by atomic mass is 16.3. The zero-order valence-corrected chi connectivity index (χ0v) is 14.1. The molecule has 1 saturated heterocycles. The van der Waals surface area contributed by atoms with Crippen molar-refractivity contribution in [1.29, 1.82) is 0 Å². The Morgan fingerprint density at radius 2 is 1.71 bits per heavy atom. The van der Waals surface area contributed by atoms with Gasteiger partial charge in [-0.1, -0.05) is 30.3 Å². The summed E-state index contributed by atoms with van der Waals surface area (Å²) in [6, 6.07) is 14.9. The number of hydrogen-bond donors (Lipinski definition) is 2. The third-order valence-corrected chi connectivity index (χ3v) is 4.73. The third-order valence-electron chi connectivity index (χ3n) is 4.73. The number of aromatic nitrogens is 1. The molecule has 3 rings (SSSR count). The van der Waals surface area contributed by atoms with Crippen molar-refractivity contribution >= 4 is 0 Å². The van der Waals surface area contributed by atoms with Crippen LogP contribution < -0.4 is 5.32 Å². The Bertz CT molecular complexity index is 543. The van der Waals surface area contributed by atoms with Crippen LogP contribution in [0.5, 0.6) is 0 Å². The molecule has 0 spiro atoms. The Hall–Kier alpha value is -1.75. The molecule has 1 aromatic heterocycles. The first-order valence-corrected chi connectivity index (χ1v) is 8.91. The van der Waals surface area contributed by atoms with Gasteiger partial charge in [-0.2, -0.15) is 0 Å². The molecule has 24 heavy (non-hydrogen) atoms. The normalized spacial score (nSPS) is 17.7. The van der Waals surface area contributed by atoms with Gasteiger partial charge in [0.2, 0.25) is 0 Å². The fourth-order valence-corrected chi connectivity index (χ4v) is 3.32. The molecular formula is C20H27N3O. The van der Waals surface area contributed by atoms with Crippen LogP contribution >= 0.6 is 0 Å². The summed E-state index contributed by atoms with van der Waals surface area (Å²) in [4.78, 5) is 6.59. The van der Waals surface area contributed by atoms with Crippen LogP contribution in [-0.2, 0) is 0 Å². The Morgan fingerprint density at radius 3 is 2.42 bits per heavy atom. The zero-order chi connectivity index (χ0) is 16.6. The van der Waals surface area contributed by atoms with Crippen LogP contribution in [0.2, 0.25) is 0 Å². The van der Waals surface area contributed by atoms with Gasteiger partial charge in [0.05, 0.1) is 12.1 Å². The van der Waals surface area contributed by atoms with Gasteiger partial charge in [-0.25, -0.2) is 0 Å². The number of nitrogens with one attached hydrogen (secondary N) is 1. The highest BCUT2D eigenvalue weighted by Crippen LogP contribution is 2.21. The van der Waals surface area contributed by atoms with Crippen molar-refractivity contribution in [3.63, 3.8) is 0 Å². The van der Waals surface area contributed by atoms with E-state index in [9.17, 15) is 5.11 Å². The molecule has 0 bridgehead atoms. The molecule has 1 aromatic carbocycles.